The summed E-state index contributed by atoms with van der Waals surface area (Å²) in [7, 11) is 0. The van der Waals surface area contributed by atoms with E-state index in [4.69, 9.17) is 5.11 Å². The molecule has 0 saturated carbocycles. The Morgan fingerprint density at radius 2 is 2.19 bits per heavy atom. The highest BCUT2D eigenvalue weighted by atomic mass is 32.1. The maximum absolute atomic E-state index is 12.4. The molecule has 0 spiro atoms. The Labute approximate surface area is 128 Å². The summed E-state index contributed by atoms with van der Waals surface area (Å²) in [5, 5.41) is 13.3. The fourth-order valence-corrected chi connectivity index (χ4v) is 3.09. The van der Waals surface area contributed by atoms with Crippen molar-refractivity contribution in [1.82, 2.24) is 10.2 Å². The third-order valence-electron chi connectivity index (χ3n) is 3.33. The predicted octanol–water partition coefficient (Wildman–Crippen LogP) is 0.833. The Morgan fingerprint density at radius 3 is 2.81 bits per heavy atom. The van der Waals surface area contributed by atoms with Gasteiger partial charge in [0.2, 0.25) is 5.91 Å². The molecule has 2 rings (SSSR count). The van der Waals surface area contributed by atoms with Crippen LogP contribution in [-0.2, 0) is 4.79 Å². The second-order valence-corrected chi connectivity index (χ2v) is 5.84. The van der Waals surface area contributed by atoms with Crippen LogP contribution in [0.3, 0.4) is 0 Å². The Bertz CT molecular complexity index is 577. The molecule has 2 N–H and O–H groups in total. The van der Waals surface area contributed by atoms with E-state index in [0.29, 0.717) is 18.7 Å². The van der Waals surface area contributed by atoms with E-state index < -0.39 is 0 Å². The average Bonchev–Trinajstić information content (AvgIpc) is 2.93. The molecule has 1 aliphatic rings. The lowest BCUT2D eigenvalue weighted by atomic mass is 10.0. The first-order valence-electron chi connectivity index (χ1n) is 6.85. The number of nitrogens with zero attached hydrogens (tertiary/aromatic N) is 1. The number of carbonyl (C=O) groups is 2. The molecule has 0 bridgehead atoms. The van der Waals surface area contributed by atoms with E-state index in [0.717, 1.165) is 17.7 Å². The molecule has 112 valence electrons. The molecule has 6 heteroatoms. The van der Waals surface area contributed by atoms with Crippen LogP contribution in [0, 0.1) is 11.8 Å². The molecule has 0 aromatic carbocycles. The molecule has 0 atom stereocenters. The van der Waals surface area contributed by atoms with Gasteiger partial charge in [-0.2, -0.15) is 0 Å². The first-order valence-corrected chi connectivity index (χ1v) is 7.72. The topological polar surface area (TPSA) is 69.6 Å². The number of amides is 2. The SMILES string of the molecule is CC(=O)NC1CCN(C(=O)c2csc(C#CCO)c2)CC1. The Hall–Kier alpha value is -1.84. The van der Waals surface area contributed by atoms with Crippen LogP contribution in [0.4, 0.5) is 0 Å². The largest absolute Gasteiger partial charge is 0.384 e. The van der Waals surface area contributed by atoms with Crippen molar-refractivity contribution < 1.29 is 14.7 Å². The van der Waals surface area contributed by atoms with E-state index >= 15 is 0 Å². The normalized spacial score (nSPS) is 15.2. The minimum atomic E-state index is -0.183. The maximum atomic E-state index is 12.4. The molecular weight excluding hydrogens is 288 g/mol. The van der Waals surface area contributed by atoms with Crippen molar-refractivity contribution in [3.8, 4) is 11.8 Å². The smallest absolute Gasteiger partial charge is 0.254 e. The summed E-state index contributed by atoms with van der Waals surface area (Å²) in [6, 6.07) is 1.93. The van der Waals surface area contributed by atoms with Gasteiger partial charge in [-0.05, 0) is 18.9 Å². The van der Waals surface area contributed by atoms with E-state index in [2.05, 4.69) is 17.2 Å². The second kappa shape index (κ2) is 7.25. The molecule has 0 radical (unpaired) electrons. The van der Waals surface area contributed by atoms with Crippen LogP contribution in [0.5, 0.6) is 0 Å². The van der Waals surface area contributed by atoms with Crippen LogP contribution in [0.2, 0.25) is 0 Å². The van der Waals surface area contributed by atoms with Gasteiger partial charge < -0.3 is 15.3 Å². The summed E-state index contributed by atoms with van der Waals surface area (Å²) in [5.41, 5.74) is 0.639. The van der Waals surface area contributed by atoms with Crippen molar-refractivity contribution in [3.63, 3.8) is 0 Å². The molecule has 0 unspecified atom stereocenters. The first-order chi connectivity index (χ1) is 10.1. The molecule has 1 aromatic rings. The van der Waals surface area contributed by atoms with Crippen LogP contribution in [0.1, 0.15) is 35.0 Å². The second-order valence-electron chi connectivity index (χ2n) is 4.93. The van der Waals surface area contributed by atoms with E-state index in [9.17, 15) is 9.59 Å². The monoisotopic (exact) mass is 306 g/mol. The van der Waals surface area contributed by atoms with Gasteiger partial charge >= 0.3 is 0 Å². The van der Waals surface area contributed by atoms with Gasteiger partial charge in [-0.1, -0.05) is 11.8 Å². The number of aliphatic hydroxyl groups excluding tert-OH is 1. The van der Waals surface area contributed by atoms with Gasteiger partial charge in [-0.25, -0.2) is 0 Å². The predicted molar refractivity (Wildman–Crippen MR) is 81.0 cm³/mol. The number of nitrogens with one attached hydrogen (secondary N) is 1. The fourth-order valence-electron chi connectivity index (χ4n) is 2.34. The minimum Gasteiger partial charge on any atom is -0.384 e. The summed E-state index contributed by atoms with van der Waals surface area (Å²) >= 11 is 1.40. The van der Waals surface area contributed by atoms with Gasteiger partial charge in [0.15, 0.2) is 0 Å². The quantitative estimate of drug-likeness (QED) is 0.795. The third kappa shape index (κ3) is 4.31. The number of carbonyl (C=O) groups excluding carboxylic acids is 2. The Balaban J connectivity index is 1.92. The van der Waals surface area contributed by atoms with Gasteiger partial charge in [0, 0.05) is 31.4 Å². The van der Waals surface area contributed by atoms with Crippen molar-refractivity contribution in [2.45, 2.75) is 25.8 Å². The molecule has 1 aliphatic heterocycles. The molecule has 0 aliphatic carbocycles. The summed E-state index contributed by atoms with van der Waals surface area (Å²) in [5.74, 6) is 5.35. The van der Waals surface area contributed by atoms with Gasteiger partial charge in [0.05, 0.1) is 10.4 Å². The van der Waals surface area contributed by atoms with Crippen LogP contribution >= 0.6 is 11.3 Å². The van der Waals surface area contributed by atoms with Crippen LogP contribution in [-0.4, -0.2) is 47.6 Å². The fraction of sp³-hybridized carbons (Fsp3) is 0.467. The molecule has 2 heterocycles. The number of aliphatic hydroxyl groups is 1. The van der Waals surface area contributed by atoms with Crippen LogP contribution in [0.15, 0.2) is 11.4 Å². The number of rotatable bonds is 2. The van der Waals surface area contributed by atoms with Crippen molar-refractivity contribution in [3.05, 3.63) is 21.9 Å². The molecule has 1 saturated heterocycles. The molecule has 5 nitrogen and oxygen atoms in total. The van der Waals surface area contributed by atoms with E-state index in [-0.39, 0.29) is 24.5 Å². The highest BCUT2D eigenvalue weighted by Crippen LogP contribution is 2.18. The number of piperidine rings is 1. The maximum Gasteiger partial charge on any atom is 0.254 e. The highest BCUT2D eigenvalue weighted by Gasteiger charge is 2.24. The standard InChI is InChI=1S/C15H18N2O3S/c1-11(19)16-13-4-6-17(7-5-13)15(20)12-9-14(21-10-12)3-2-8-18/h9-10,13,18H,4-8H2,1H3,(H,16,19). The zero-order chi connectivity index (χ0) is 15.2. The number of thiophene rings is 1. The first kappa shape index (κ1) is 15.5. The number of hydrogen-bond donors (Lipinski definition) is 2. The van der Waals surface area contributed by atoms with Gasteiger partial charge in [-0.3, -0.25) is 9.59 Å². The summed E-state index contributed by atoms with van der Waals surface area (Å²) in [6.07, 6.45) is 1.57. The average molecular weight is 306 g/mol. The molecule has 1 fully saturated rings. The van der Waals surface area contributed by atoms with E-state index in [1.54, 1.807) is 11.4 Å². The third-order valence-corrected chi connectivity index (χ3v) is 4.17. The van der Waals surface area contributed by atoms with Crippen molar-refractivity contribution in [2.24, 2.45) is 0 Å². The highest BCUT2D eigenvalue weighted by molar-refractivity contribution is 7.10. The molecule has 2 amide bonds. The Morgan fingerprint density at radius 1 is 1.48 bits per heavy atom. The van der Waals surface area contributed by atoms with Crippen LogP contribution < -0.4 is 5.32 Å². The van der Waals surface area contributed by atoms with Crippen molar-refractivity contribution in [1.29, 1.82) is 0 Å². The summed E-state index contributed by atoms with van der Waals surface area (Å²) in [4.78, 5) is 26.0. The van der Waals surface area contributed by atoms with Crippen molar-refractivity contribution in [2.75, 3.05) is 19.7 Å². The molecule has 21 heavy (non-hydrogen) atoms. The van der Waals surface area contributed by atoms with Gasteiger partial charge in [0.25, 0.3) is 5.91 Å². The van der Waals surface area contributed by atoms with E-state index in [1.165, 1.54) is 18.3 Å². The lowest BCUT2D eigenvalue weighted by Crippen LogP contribution is -2.46. The number of likely N-dealkylation sites (tertiary alicyclic amines) is 1. The molecular formula is C15H18N2O3S. The lowest BCUT2D eigenvalue weighted by Gasteiger charge is -2.32. The van der Waals surface area contributed by atoms with Gasteiger partial charge in [0.1, 0.15) is 6.61 Å². The zero-order valence-electron chi connectivity index (χ0n) is 11.9. The number of hydrogen-bond acceptors (Lipinski definition) is 4. The van der Waals surface area contributed by atoms with Gasteiger partial charge in [-0.15, -0.1) is 11.3 Å². The zero-order valence-corrected chi connectivity index (χ0v) is 12.7. The molecule has 1 aromatic heterocycles. The van der Waals surface area contributed by atoms with Crippen LogP contribution in [0.25, 0.3) is 0 Å². The minimum absolute atomic E-state index is 0.00423. The van der Waals surface area contributed by atoms with E-state index in [1.807, 2.05) is 4.90 Å². The Kier molecular flexibility index (Phi) is 5.37. The van der Waals surface area contributed by atoms with Crippen molar-refractivity contribution >= 4 is 23.2 Å². The summed E-state index contributed by atoms with van der Waals surface area (Å²) < 4.78 is 0. The summed E-state index contributed by atoms with van der Waals surface area (Å²) in [6.45, 7) is 2.63. The lowest BCUT2D eigenvalue weighted by molar-refractivity contribution is -0.119.